The second kappa shape index (κ2) is 6.64. The van der Waals surface area contributed by atoms with Crippen molar-refractivity contribution in [3.05, 3.63) is 28.8 Å². The smallest absolute Gasteiger partial charge is 0.416 e. The summed E-state index contributed by atoms with van der Waals surface area (Å²) in [5.74, 6) is -1.55. The van der Waals surface area contributed by atoms with Gasteiger partial charge >= 0.3 is 18.2 Å². The highest BCUT2D eigenvalue weighted by Gasteiger charge is 2.31. The highest BCUT2D eigenvalue weighted by Crippen LogP contribution is 2.33. The number of halogens is 4. The fourth-order valence-electron chi connectivity index (χ4n) is 1.24. The quantitative estimate of drug-likeness (QED) is 0.679. The molecule has 0 radical (unpaired) electrons. The number of hydrogen-bond acceptors (Lipinski definition) is 3. The number of carboxylic acid groups (broad SMARTS) is 1. The van der Waals surface area contributed by atoms with Crippen molar-refractivity contribution < 1.29 is 33.0 Å². The Bertz CT molecular complexity index is 551. The maximum Gasteiger partial charge on any atom is 0.416 e. The average Bonchev–Trinajstić information content (AvgIpc) is 2.37. The van der Waals surface area contributed by atoms with Gasteiger partial charge in [-0.15, -0.1) is 0 Å². The van der Waals surface area contributed by atoms with Crippen LogP contribution in [0.4, 0.5) is 23.7 Å². The molecule has 6 nitrogen and oxygen atoms in total. The Kier molecular flexibility index (Phi) is 5.39. The maximum atomic E-state index is 12.5. The van der Waals surface area contributed by atoms with Crippen molar-refractivity contribution in [2.45, 2.75) is 12.3 Å². The number of nitrogens with one attached hydrogen (secondary N) is 2. The molecule has 0 spiro atoms. The molecule has 1 unspecified atom stereocenters. The number of aliphatic hydroxyl groups excluding tert-OH is 1. The van der Waals surface area contributed by atoms with Gasteiger partial charge in [-0.3, -0.25) is 0 Å². The van der Waals surface area contributed by atoms with Crippen molar-refractivity contribution in [1.82, 2.24) is 5.32 Å². The first-order valence-corrected chi connectivity index (χ1v) is 5.81. The Hall–Kier alpha value is -2.00. The van der Waals surface area contributed by atoms with Crippen LogP contribution in [0.15, 0.2) is 18.2 Å². The molecule has 0 saturated heterocycles. The number of aliphatic carboxylic acids is 1. The predicted molar refractivity (Wildman–Crippen MR) is 67.1 cm³/mol. The largest absolute Gasteiger partial charge is 0.479 e. The molecule has 21 heavy (non-hydrogen) atoms. The highest BCUT2D eigenvalue weighted by molar-refractivity contribution is 6.33. The summed E-state index contributed by atoms with van der Waals surface area (Å²) in [6.07, 6.45) is -6.43. The molecule has 1 atom stereocenters. The fourth-order valence-corrected chi connectivity index (χ4v) is 1.41. The van der Waals surface area contributed by atoms with Crippen molar-refractivity contribution in [3.8, 4) is 0 Å². The maximum absolute atomic E-state index is 12.5. The molecule has 10 heteroatoms. The Morgan fingerprint density at radius 3 is 2.48 bits per heavy atom. The van der Waals surface area contributed by atoms with Gasteiger partial charge in [0.05, 0.1) is 22.8 Å². The lowest BCUT2D eigenvalue weighted by molar-refractivity contribution is -0.146. The lowest BCUT2D eigenvalue weighted by Crippen LogP contribution is -2.38. The summed E-state index contributed by atoms with van der Waals surface area (Å²) in [5.41, 5.74) is -1.30. The second-order valence-corrected chi connectivity index (χ2v) is 4.29. The molecular formula is C11H10ClF3N2O4. The van der Waals surface area contributed by atoms with Gasteiger partial charge in [-0.25, -0.2) is 9.59 Å². The van der Waals surface area contributed by atoms with Gasteiger partial charge in [-0.05, 0) is 18.2 Å². The zero-order valence-electron chi connectivity index (χ0n) is 10.2. The van der Waals surface area contributed by atoms with Crippen molar-refractivity contribution in [3.63, 3.8) is 0 Å². The minimum Gasteiger partial charge on any atom is -0.479 e. The Balaban J connectivity index is 2.74. The van der Waals surface area contributed by atoms with Crippen LogP contribution in [-0.4, -0.2) is 34.9 Å². The third-order valence-electron chi connectivity index (χ3n) is 2.28. The summed E-state index contributed by atoms with van der Waals surface area (Å²) in [7, 11) is 0. The molecule has 0 aliphatic carbocycles. The van der Waals surface area contributed by atoms with E-state index in [1.807, 2.05) is 10.6 Å². The van der Waals surface area contributed by atoms with Gasteiger partial charge in [-0.2, -0.15) is 13.2 Å². The second-order valence-electron chi connectivity index (χ2n) is 3.88. The third kappa shape index (κ3) is 5.12. The van der Waals surface area contributed by atoms with E-state index in [1.165, 1.54) is 0 Å². The number of anilines is 1. The van der Waals surface area contributed by atoms with Crippen LogP contribution in [0.5, 0.6) is 0 Å². The number of carboxylic acids is 1. The average molecular weight is 327 g/mol. The number of urea groups is 1. The summed E-state index contributed by atoms with van der Waals surface area (Å²) >= 11 is 5.65. The molecule has 0 aliphatic heterocycles. The lowest BCUT2D eigenvalue weighted by Gasteiger charge is -2.13. The van der Waals surface area contributed by atoms with Gasteiger partial charge in [0.1, 0.15) is 0 Å². The molecule has 1 rings (SSSR count). The summed E-state index contributed by atoms with van der Waals surface area (Å²) < 4.78 is 37.5. The SMILES string of the molecule is O=C(NCC(O)C(=O)O)Nc1cc(C(F)(F)F)ccc1Cl. The predicted octanol–water partition coefficient (Wildman–Crippen LogP) is 1.93. The Labute approximate surface area is 121 Å². The Morgan fingerprint density at radius 1 is 1.33 bits per heavy atom. The summed E-state index contributed by atoms with van der Waals surface area (Å²) in [5, 5.41) is 21.2. The van der Waals surface area contributed by atoms with Crippen LogP contribution in [0.3, 0.4) is 0 Å². The molecule has 1 aromatic rings. The van der Waals surface area contributed by atoms with E-state index in [2.05, 4.69) is 0 Å². The van der Waals surface area contributed by atoms with E-state index >= 15 is 0 Å². The van der Waals surface area contributed by atoms with E-state index in [9.17, 15) is 22.8 Å². The standard InChI is InChI=1S/C11H10ClF3N2O4/c12-6-2-1-5(11(13,14)15)3-7(6)17-10(21)16-4-8(18)9(19)20/h1-3,8,18H,4H2,(H,19,20)(H2,16,17,21). The van der Waals surface area contributed by atoms with Gasteiger partial charge in [0, 0.05) is 0 Å². The molecular weight excluding hydrogens is 317 g/mol. The zero-order valence-corrected chi connectivity index (χ0v) is 11.0. The summed E-state index contributed by atoms with van der Waals surface area (Å²) in [6, 6.07) is 1.35. The first kappa shape index (κ1) is 17.1. The van der Waals surface area contributed by atoms with Crippen LogP contribution >= 0.6 is 11.6 Å². The number of rotatable bonds is 4. The van der Waals surface area contributed by atoms with Crippen LogP contribution in [0.2, 0.25) is 5.02 Å². The first-order valence-electron chi connectivity index (χ1n) is 5.43. The minimum atomic E-state index is -4.60. The van der Waals surface area contributed by atoms with Crippen LogP contribution in [0.25, 0.3) is 0 Å². The molecule has 1 aromatic carbocycles. The van der Waals surface area contributed by atoms with E-state index in [1.54, 1.807) is 0 Å². The molecule has 0 aromatic heterocycles. The minimum absolute atomic E-state index is 0.128. The molecule has 0 heterocycles. The molecule has 116 valence electrons. The lowest BCUT2D eigenvalue weighted by atomic mass is 10.2. The van der Waals surface area contributed by atoms with E-state index in [0.717, 1.165) is 12.1 Å². The number of hydrogen-bond donors (Lipinski definition) is 4. The molecule has 2 amide bonds. The van der Waals surface area contributed by atoms with Crippen LogP contribution < -0.4 is 10.6 Å². The highest BCUT2D eigenvalue weighted by atomic mass is 35.5. The molecule has 0 fully saturated rings. The summed E-state index contributed by atoms with van der Waals surface area (Å²) in [6.45, 7) is -0.613. The van der Waals surface area contributed by atoms with Crippen molar-refractivity contribution in [2.75, 3.05) is 11.9 Å². The topological polar surface area (TPSA) is 98.7 Å². The summed E-state index contributed by atoms with van der Waals surface area (Å²) in [4.78, 5) is 21.7. The molecule has 0 bridgehead atoms. The van der Waals surface area contributed by atoms with Crippen molar-refractivity contribution >= 4 is 29.3 Å². The first-order chi connectivity index (χ1) is 9.61. The number of alkyl halides is 3. The molecule has 4 N–H and O–H groups in total. The number of carbonyl (C=O) groups excluding carboxylic acids is 1. The van der Waals surface area contributed by atoms with Gasteiger partial charge in [0.15, 0.2) is 6.10 Å². The van der Waals surface area contributed by atoms with Crippen LogP contribution in [0, 0.1) is 0 Å². The van der Waals surface area contributed by atoms with E-state index in [4.69, 9.17) is 21.8 Å². The number of aliphatic hydroxyl groups is 1. The Morgan fingerprint density at radius 2 is 1.95 bits per heavy atom. The zero-order chi connectivity index (χ0) is 16.2. The van der Waals surface area contributed by atoms with E-state index < -0.39 is 36.4 Å². The number of amides is 2. The van der Waals surface area contributed by atoms with Gasteiger partial charge < -0.3 is 20.8 Å². The molecule has 0 aliphatic rings. The van der Waals surface area contributed by atoms with E-state index in [-0.39, 0.29) is 10.7 Å². The monoisotopic (exact) mass is 326 g/mol. The number of carbonyl (C=O) groups is 2. The van der Waals surface area contributed by atoms with E-state index in [0.29, 0.717) is 6.07 Å². The third-order valence-corrected chi connectivity index (χ3v) is 2.61. The van der Waals surface area contributed by atoms with Gasteiger partial charge in [0.2, 0.25) is 0 Å². The van der Waals surface area contributed by atoms with Crippen molar-refractivity contribution in [1.29, 1.82) is 0 Å². The molecule has 0 saturated carbocycles. The fraction of sp³-hybridized carbons (Fsp3) is 0.273. The van der Waals surface area contributed by atoms with Crippen LogP contribution in [-0.2, 0) is 11.0 Å². The van der Waals surface area contributed by atoms with Crippen LogP contribution in [0.1, 0.15) is 5.56 Å². The normalized spacial score (nSPS) is 12.6. The van der Waals surface area contributed by atoms with Crippen molar-refractivity contribution in [2.24, 2.45) is 0 Å². The van der Waals surface area contributed by atoms with Gasteiger partial charge in [-0.1, -0.05) is 11.6 Å². The number of benzene rings is 1. The van der Waals surface area contributed by atoms with Gasteiger partial charge in [0.25, 0.3) is 0 Å².